The average molecular weight is 303 g/mol. The second-order valence-corrected chi connectivity index (χ2v) is 5.38. The molecule has 0 atom stereocenters. The zero-order chi connectivity index (χ0) is 15.4. The standard InChI is InChI=1S/C16H18FN3S/c1-10-8-14(15(16(18)21)11(2)20-10)19-7-6-12-4-3-5-13(17)9-12/h3-5,8-9H,6-7H2,1-2H3,(H2,18,21)(H,19,20). The Morgan fingerprint density at radius 1 is 1.33 bits per heavy atom. The van der Waals surface area contributed by atoms with Crippen LogP contribution in [0.25, 0.3) is 0 Å². The van der Waals surface area contributed by atoms with Gasteiger partial charge in [0, 0.05) is 23.6 Å². The number of anilines is 1. The topological polar surface area (TPSA) is 50.9 Å². The number of benzene rings is 1. The van der Waals surface area contributed by atoms with Gasteiger partial charge in [-0.25, -0.2) is 4.39 Å². The van der Waals surface area contributed by atoms with Crippen LogP contribution in [0.15, 0.2) is 30.3 Å². The van der Waals surface area contributed by atoms with Crippen molar-refractivity contribution < 1.29 is 4.39 Å². The highest BCUT2D eigenvalue weighted by Gasteiger charge is 2.10. The summed E-state index contributed by atoms with van der Waals surface area (Å²) in [5.41, 5.74) is 10.1. The first-order valence-corrected chi connectivity index (χ1v) is 7.14. The summed E-state index contributed by atoms with van der Waals surface area (Å²) in [4.78, 5) is 4.70. The van der Waals surface area contributed by atoms with Crippen LogP contribution in [0, 0.1) is 19.7 Å². The highest BCUT2D eigenvalue weighted by molar-refractivity contribution is 7.80. The molecule has 0 radical (unpaired) electrons. The zero-order valence-electron chi connectivity index (χ0n) is 12.1. The van der Waals surface area contributed by atoms with Gasteiger partial charge >= 0.3 is 0 Å². The Labute approximate surface area is 129 Å². The van der Waals surface area contributed by atoms with Crippen molar-refractivity contribution in [3.05, 3.63) is 58.7 Å². The molecule has 0 unspecified atom stereocenters. The van der Waals surface area contributed by atoms with Gasteiger partial charge in [0.15, 0.2) is 0 Å². The summed E-state index contributed by atoms with van der Waals surface area (Å²) in [6, 6.07) is 8.53. The van der Waals surface area contributed by atoms with E-state index >= 15 is 0 Å². The molecular weight excluding hydrogens is 285 g/mol. The minimum Gasteiger partial charge on any atom is -0.389 e. The van der Waals surface area contributed by atoms with Crippen molar-refractivity contribution in [2.75, 3.05) is 11.9 Å². The Morgan fingerprint density at radius 3 is 2.76 bits per heavy atom. The van der Waals surface area contributed by atoms with Crippen molar-refractivity contribution in [1.82, 2.24) is 4.98 Å². The summed E-state index contributed by atoms with van der Waals surface area (Å²) in [6.45, 7) is 4.48. The molecule has 3 N–H and O–H groups in total. The molecule has 0 aliphatic heterocycles. The van der Waals surface area contributed by atoms with E-state index in [2.05, 4.69) is 10.3 Å². The number of hydrogen-bond acceptors (Lipinski definition) is 3. The molecule has 1 aromatic heterocycles. The first-order chi connectivity index (χ1) is 9.97. The van der Waals surface area contributed by atoms with Crippen LogP contribution in [0.4, 0.5) is 10.1 Å². The van der Waals surface area contributed by atoms with Gasteiger partial charge in [-0.05, 0) is 44.0 Å². The second kappa shape index (κ2) is 6.63. The molecule has 0 amide bonds. The van der Waals surface area contributed by atoms with E-state index < -0.39 is 0 Å². The monoisotopic (exact) mass is 303 g/mol. The number of nitrogens with zero attached hydrogens (tertiary/aromatic N) is 1. The van der Waals surface area contributed by atoms with E-state index in [1.165, 1.54) is 6.07 Å². The lowest BCUT2D eigenvalue weighted by Gasteiger charge is -2.14. The van der Waals surface area contributed by atoms with E-state index in [4.69, 9.17) is 18.0 Å². The fourth-order valence-corrected chi connectivity index (χ4v) is 2.57. The van der Waals surface area contributed by atoms with Crippen LogP contribution in [0.3, 0.4) is 0 Å². The molecule has 3 nitrogen and oxygen atoms in total. The molecular formula is C16H18FN3S. The van der Waals surface area contributed by atoms with Gasteiger partial charge < -0.3 is 11.1 Å². The van der Waals surface area contributed by atoms with Gasteiger partial charge in [0.2, 0.25) is 0 Å². The smallest absolute Gasteiger partial charge is 0.123 e. The predicted octanol–water partition coefficient (Wildman–Crippen LogP) is 3.13. The highest BCUT2D eigenvalue weighted by Crippen LogP contribution is 2.19. The van der Waals surface area contributed by atoms with Gasteiger partial charge in [-0.2, -0.15) is 0 Å². The van der Waals surface area contributed by atoms with Gasteiger partial charge in [0.25, 0.3) is 0 Å². The van der Waals surface area contributed by atoms with Crippen LogP contribution in [0.5, 0.6) is 0 Å². The Balaban J connectivity index is 2.11. The summed E-state index contributed by atoms with van der Waals surface area (Å²) >= 11 is 5.09. The molecule has 0 bridgehead atoms. The Kier molecular flexibility index (Phi) is 4.85. The van der Waals surface area contributed by atoms with E-state index in [1.54, 1.807) is 12.1 Å². The van der Waals surface area contributed by atoms with E-state index in [-0.39, 0.29) is 5.82 Å². The number of halogens is 1. The van der Waals surface area contributed by atoms with E-state index in [9.17, 15) is 4.39 Å². The quantitative estimate of drug-likeness (QED) is 0.833. The van der Waals surface area contributed by atoms with Gasteiger partial charge in [-0.1, -0.05) is 24.4 Å². The minimum atomic E-state index is -0.216. The fourth-order valence-electron chi connectivity index (χ4n) is 2.31. The summed E-state index contributed by atoms with van der Waals surface area (Å²) in [6.07, 6.45) is 0.717. The maximum Gasteiger partial charge on any atom is 0.123 e. The summed E-state index contributed by atoms with van der Waals surface area (Å²) in [5.74, 6) is -0.216. The molecule has 0 aliphatic rings. The molecule has 5 heteroatoms. The van der Waals surface area contributed by atoms with Gasteiger partial charge in [-0.15, -0.1) is 0 Å². The van der Waals surface area contributed by atoms with Crippen LogP contribution >= 0.6 is 12.2 Å². The van der Waals surface area contributed by atoms with Crippen molar-refractivity contribution in [2.24, 2.45) is 5.73 Å². The van der Waals surface area contributed by atoms with Crippen molar-refractivity contribution in [3.8, 4) is 0 Å². The van der Waals surface area contributed by atoms with Crippen LogP contribution in [0.1, 0.15) is 22.5 Å². The maximum absolute atomic E-state index is 13.1. The lowest BCUT2D eigenvalue weighted by molar-refractivity contribution is 0.625. The molecule has 110 valence electrons. The van der Waals surface area contributed by atoms with Gasteiger partial charge in [0.1, 0.15) is 10.8 Å². The second-order valence-electron chi connectivity index (χ2n) is 4.94. The van der Waals surface area contributed by atoms with E-state index in [1.807, 2.05) is 26.0 Å². The number of aromatic nitrogens is 1. The molecule has 2 aromatic rings. The number of thiocarbonyl (C=S) groups is 1. The Morgan fingerprint density at radius 2 is 2.10 bits per heavy atom. The number of nitrogens with one attached hydrogen (secondary N) is 1. The zero-order valence-corrected chi connectivity index (χ0v) is 12.9. The third-order valence-corrected chi connectivity index (χ3v) is 3.40. The molecule has 0 spiro atoms. The average Bonchev–Trinajstić information content (AvgIpc) is 2.37. The number of aryl methyl sites for hydroxylation is 2. The predicted molar refractivity (Wildman–Crippen MR) is 88.2 cm³/mol. The lowest BCUT2D eigenvalue weighted by atomic mass is 10.1. The molecule has 1 aromatic carbocycles. The number of nitrogens with two attached hydrogens (primary N) is 1. The minimum absolute atomic E-state index is 0.216. The molecule has 21 heavy (non-hydrogen) atoms. The first kappa shape index (κ1) is 15.4. The summed E-state index contributed by atoms with van der Waals surface area (Å²) in [7, 11) is 0. The first-order valence-electron chi connectivity index (χ1n) is 6.73. The number of hydrogen-bond donors (Lipinski definition) is 2. The Hall–Kier alpha value is -2.01. The maximum atomic E-state index is 13.1. The van der Waals surface area contributed by atoms with Crippen molar-refractivity contribution in [3.63, 3.8) is 0 Å². The van der Waals surface area contributed by atoms with Crippen LogP contribution < -0.4 is 11.1 Å². The number of pyridine rings is 1. The molecule has 0 fully saturated rings. The van der Waals surface area contributed by atoms with Crippen LogP contribution in [-0.2, 0) is 6.42 Å². The SMILES string of the molecule is Cc1cc(NCCc2cccc(F)c2)c(C(N)=S)c(C)n1. The molecule has 0 saturated carbocycles. The van der Waals surface area contributed by atoms with E-state index in [0.29, 0.717) is 11.5 Å². The van der Waals surface area contributed by atoms with Crippen molar-refractivity contribution >= 4 is 22.9 Å². The number of rotatable bonds is 5. The molecule has 2 rings (SSSR count). The van der Waals surface area contributed by atoms with Crippen molar-refractivity contribution in [1.29, 1.82) is 0 Å². The molecule has 1 heterocycles. The highest BCUT2D eigenvalue weighted by atomic mass is 32.1. The molecule has 0 aliphatic carbocycles. The summed E-state index contributed by atoms with van der Waals surface area (Å²) < 4.78 is 13.1. The third kappa shape index (κ3) is 3.98. The normalized spacial score (nSPS) is 10.4. The van der Waals surface area contributed by atoms with Crippen LogP contribution in [-0.4, -0.2) is 16.5 Å². The van der Waals surface area contributed by atoms with Crippen LogP contribution in [0.2, 0.25) is 0 Å². The van der Waals surface area contributed by atoms with Gasteiger partial charge in [0.05, 0.1) is 5.56 Å². The Bertz CT molecular complexity index is 671. The largest absolute Gasteiger partial charge is 0.389 e. The van der Waals surface area contributed by atoms with E-state index in [0.717, 1.165) is 34.6 Å². The molecule has 0 saturated heterocycles. The third-order valence-electron chi connectivity index (χ3n) is 3.19. The van der Waals surface area contributed by atoms with Gasteiger partial charge in [-0.3, -0.25) is 4.98 Å². The summed E-state index contributed by atoms with van der Waals surface area (Å²) in [5, 5.41) is 3.31. The fraction of sp³-hybridized carbons (Fsp3) is 0.250. The lowest BCUT2D eigenvalue weighted by Crippen LogP contribution is -2.17. The van der Waals surface area contributed by atoms with Crippen molar-refractivity contribution in [2.45, 2.75) is 20.3 Å².